The number of esters is 6. The Hall–Kier alpha value is -3.99. The molecule has 0 aromatic rings. The largest absolute Gasteiger partial charge is 0.465 e. The number of likely N-dealkylation sites (tertiary alicyclic amines) is 1. The number of carbonyl (C=O) groups is 7. The van der Waals surface area contributed by atoms with Gasteiger partial charge in [-0.1, -0.05) is 156 Å². The summed E-state index contributed by atoms with van der Waals surface area (Å²) in [4.78, 5) is 94.6. The number of aliphatic hydroxyl groups excluding tert-OH is 1. The summed E-state index contributed by atoms with van der Waals surface area (Å²) in [5.74, 6) is -4.03. The van der Waals surface area contributed by atoms with Crippen LogP contribution in [0.4, 0.5) is 4.79 Å². The van der Waals surface area contributed by atoms with Gasteiger partial charge in [0.15, 0.2) is 0 Å². The average molecular weight is 1080 g/mol. The van der Waals surface area contributed by atoms with Crippen molar-refractivity contribution in [3.05, 3.63) is 0 Å². The Labute approximate surface area is 458 Å². The maximum absolute atomic E-state index is 13.6. The summed E-state index contributed by atoms with van der Waals surface area (Å²) in [6, 6.07) is -1.19. The molecule has 76 heavy (non-hydrogen) atoms. The summed E-state index contributed by atoms with van der Waals surface area (Å²) in [7, 11) is 1.92. The fourth-order valence-corrected chi connectivity index (χ4v) is 8.95. The van der Waals surface area contributed by atoms with Gasteiger partial charge >= 0.3 is 41.9 Å². The van der Waals surface area contributed by atoms with Gasteiger partial charge in [0.05, 0.1) is 58.0 Å². The molecule has 2 atom stereocenters. The van der Waals surface area contributed by atoms with Crippen LogP contribution in [0.3, 0.4) is 0 Å². The van der Waals surface area contributed by atoms with E-state index in [1.807, 2.05) is 11.9 Å². The number of aliphatic hydroxyl groups is 1. The molecule has 1 rings (SSSR count). The normalized spacial score (nSPS) is 14.1. The van der Waals surface area contributed by atoms with E-state index in [9.17, 15) is 38.7 Å². The smallest absolute Gasteiger partial charge is 0.410 e. The summed E-state index contributed by atoms with van der Waals surface area (Å²) in [5.41, 5.74) is 0. The molecule has 0 saturated carbocycles. The van der Waals surface area contributed by atoms with Crippen molar-refractivity contribution in [3.8, 4) is 0 Å². The van der Waals surface area contributed by atoms with Crippen molar-refractivity contribution < 1.29 is 71.8 Å². The van der Waals surface area contributed by atoms with Crippen LogP contribution in [0.15, 0.2) is 0 Å². The zero-order chi connectivity index (χ0) is 55.9. The molecule has 0 unspecified atom stereocenters. The maximum atomic E-state index is 13.6. The summed E-state index contributed by atoms with van der Waals surface area (Å²) in [6.45, 7) is 9.25. The second-order valence-corrected chi connectivity index (χ2v) is 21.1. The lowest BCUT2D eigenvalue weighted by Crippen LogP contribution is -2.62. The molecule has 0 aromatic carbocycles. The third-order valence-corrected chi connectivity index (χ3v) is 13.8. The van der Waals surface area contributed by atoms with Crippen LogP contribution in [0, 0.1) is 11.8 Å². The molecule has 1 amide bonds. The molecule has 1 aliphatic rings. The van der Waals surface area contributed by atoms with Crippen molar-refractivity contribution >= 4 is 41.9 Å². The van der Waals surface area contributed by atoms with Crippen LogP contribution in [-0.2, 0) is 61.9 Å². The average Bonchev–Trinajstić information content (AvgIpc) is 3.39. The first-order valence-corrected chi connectivity index (χ1v) is 30.0. The highest BCUT2D eigenvalue weighted by molar-refractivity contribution is 5.73. The first kappa shape index (κ1) is 70.0. The minimum Gasteiger partial charge on any atom is -0.465 e. The molecule has 1 aliphatic heterocycles. The molecule has 0 aliphatic carbocycles. The summed E-state index contributed by atoms with van der Waals surface area (Å²) < 4.78 is 39.4. The Morgan fingerprint density at radius 1 is 0.421 bits per heavy atom. The second kappa shape index (κ2) is 48.2. The van der Waals surface area contributed by atoms with Crippen LogP contribution < -0.4 is 0 Å². The fraction of sp³-hybridized carbons (Fsp3) is 0.881. The van der Waals surface area contributed by atoms with E-state index in [2.05, 4.69) is 27.7 Å². The van der Waals surface area contributed by atoms with Gasteiger partial charge in [0, 0.05) is 57.2 Å². The van der Waals surface area contributed by atoms with Gasteiger partial charge in [0.25, 0.3) is 0 Å². The summed E-state index contributed by atoms with van der Waals surface area (Å²) in [5, 5.41) is 9.19. The molecule has 0 spiro atoms. The Kier molecular flexibility index (Phi) is 44.4. The van der Waals surface area contributed by atoms with E-state index in [4.69, 9.17) is 33.2 Å². The Morgan fingerprint density at radius 2 is 0.737 bits per heavy atom. The number of nitrogens with zero attached hydrogens (tertiary/aromatic N) is 2. The minimum absolute atomic E-state index is 0.0760. The van der Waals surface area contributed by atoms with Gasteiger partial charge in [-0.2, -0.15) is 0 Å². The molecule has 1 saturated heterocycles. The Balaban J connectivity index is 3.01. The number of hydrogen-bond acceptors (Lipinski definition) is 16. The quantitative estimate of drug-likeness (QED) is 0.0341. The van der Waals surface area contributed by atoms with E-state index in [1.54, 1.807) is 0 Å². The molecule has 0 aromatic heterocycles. The lowest BCUT2D eigenvalue weighted by molar-refractivity contribution is -0.159. The summed E-state index contributed by atoms with van der Waals surface area (Å²) >= 11 is 0. The van der Waals surface area contributed by atoms with Crippen molar-refractivity contribution in [3.63, 3.8) is 0 Å². The van der Waals surface area contributed by atoms with Crippen LogP contribution in [-0.4, -0.2) is 142 Å². The van der Waals surface area contributed by atoms with Gasteiger partial charge < -0.3 is 43.2 Å². The van der Waals surface area contributed by atoms with Crippen LogP contribution in [0.25, 0.3) is 0 Å². The minimum atomic E-state index is -0.661. The van der Waals surface area contributed by atoms with Gasteiger partial charge in [-0.25, -0.2) is 4.79 Å². The molecule has 0 radical (unpaired) electrons. The number of ether oxygens (including phenoxy) is 7. The molecular formula is C59H106N2O15. The summed E-state index contributed by atoms with van der Waals surface area (Å²) in [6.07, 6.45) is 25.9. The first-order valence-electron chi connectivity index (χ1n) is 30.0. The van der Waals surface area contributed by atoms with E-state index in [-0.39, 0.29) is 115 Å². The SMILES string of the molecule is CCCCCCCCC(=O)OCC(COC(=O)CCCCCCCC)CC(=O)OC[C@@H]1C[C@@H](COC(=O)CC(COC(=O)CCCCCCCC)COC(=O)CCCCCCCC)N1C(=O)OCCCN(C)CCCO. The van der Waals surface area contributed by atoms with Crippen LogP contribution in [0.1, 0.15) is 240 Å². The number of unbranched alkanes of at least 4 members (excludes halogenated alkanes) is 20. The number of hydrogen-bond donors (Lipinski definition) is 1. The van der Waals surface area contributed by atoms with Gasteiger partial charge in [-0.15, -0.1) is 0 Å². The standard InChI is InChI=1S/C59H106N2O15/c1-6-10-14-18-22-26-32-53(63)71-43-49(44-72-54(64)33-27-23-19-15-11-7-2)40-57(67)75-47-51-42-52(61(51)59(69)70-39-31-37-60(5)36-30-38-62)48-76-58(68)41-50(45-73-55(65)34-28-24-20-16-12-8-3)46-74-56(66)35-29-25-21-17-13-9-4/h49-52,62H,6-48H2,1-5H3/t51-,52-/m0/s1. The van der Waals surface area contributed by atoms with Crippen LogP contribution in [0.2, 0.25) is 0 Å². The third kappa shape index (κ3) is 38.5. The zero-order valence-corrected chi connectivity index (χ0v) is 48.3. The zero-order valence-electron chi connectivity index (χ0n) is 48.3. The third-order valence-electron chi connectivity index (χ3n) is 13.8. The molecule has 1 fully saturated rings. The lowest BCUT2D eigenvalue weighted by Gasteiger charge is -2.46. The molecule has 1 N–H and O–H groups in total. The van der Waals surface area contributed by atoms with Crippen molar-refractivity contribution in [2.75, 3.05) is 73.0 Å². The fourth-order valence-electron chi connectivity index (χ4n) is 8.95. The Bertz CT molecular complexity index is 1380. The van der Waals surface area contributed by atoms with Crippen molar-refractivity contribution in [2.24, 2.45) is 11.8 Å². The van der Waals surface area contributed by atoms with Gasteiger partial charge in [-0.3, -0.25) is 33.7 Å². The topological polar surface area (TPSA) is 211 Å². The molecule has 1 heterocycles. The number of carbonyl (C=O) groups excluding carboxylic acids is 7. The van der Waals surface area contributed by atoms with E-state index in [0.29, 0.717) is 58.0 Å². The van der Waals surface area contributed by atoms with E-state index < -0.39 is 42.0 Å². The molecule has 442 valence electrons. The molecule has 17 nitrogen and oxygen atoms in total. The van der Waals surface area contributed by atoms with Crippen LogP contribution >= 0.6 is 0 Å². The highest BCUT2D eigenvalue weighted by Gasteiger charge is 2.44. The van der Waals surface area contributed by atoms with Crippen LogP contribution in [0.5, 0.6) is 0 Å². The monoisotopic (exact) mass is 1080 g/mol. The number of amides is 1. The maximum Gasteiger partial charge on any atom is 0.410 e. The molecule has 0 bridgehead atoms. The second-order valence-electron chi connectivity index (χ2n) is 21.1. The van der Waals surface area contributed by atoms with Gasteiger partial charge in [-0.05, 0) is 52.0 Å². The predicted molar refractivity (Wildman–Crippen MR) is 293 cm³/mol. The van der Waals surface area contributed by atoms with E-state index >= 15 is 0 Å². The van der Waals surface area contributed by atoms with Crippen molar-refractivity contribution in [2.45, 2.75) is 252 Å². The predicted octanol–water partition coefficient (Wildman–Crippen LogP) is 11.5. The first-order chi connectivity index (χ1) is 36.9. The molecular weight excluding hydrogens is 977 g/mol. The van der Waals surface area contributed by atoms with Gasteiger partial charge in [0.1, 0.15) is 13.2 Å². The molecule has 17 heteroatoms. The van der Waals surface area contributed by atoms with Crippen molar-refractivity contribution in [1.82, 2.24) is 9.80 Å². The highest BCUT2D eigenvalue weighted by Crippen LogP contribution is 2.28. The lowest BCUT2D eigenvalue weighted by atomic mass is 9.94. The highest BCUT2D eigenvalue weighted by atomic mass is 16.6. The Morgan fingerprint density at radius 3 is 1.07 bits per heavy atom. The van der Waals surface area contributed by atoms with Gasteiger partial charge in [0.2, 0.25) is 0 Å². The van der Waals surface area contributed by atoms with E-state index in [0.717, 1.165) is 128 Å². The number of rotatable bonds is 51. The van der Waals surface area contributed by atoms with Crippen molar-refractivity contribution in [1.29, 1.82) is 0 Å². The van der Waals surface area contributed by atoms with E-state index in [1.165, 1.54) is 4.90 Å².